The first kappa shape index (κ1) is 15.4. The highest BCUT2D eigenvalue weighted by Crippen LogP contribution is 2.28. The Hall–Kier alpha value is -0.690. The van der Waals surface area contributed by atoms with E-state index in [-0.39, 0.29) is 11.5 Å². The van der Waals surface area contributed by atoms with Gasteiger partial charge in [-0.2, -0.15) is 0 Å². The van der Waals surface area contributed by atoms with Gasteiger partial charge in [0.05, 0.1) is 11.5 Å². The Kier molecular flexibility index (Phi) is 7.19. The van der Waals surface area contributed by atoms with Crippen molar-refractivity contribution in [2.24, 2.45) is 0 Å². The topological polar surface area (TPSA) is 9.23 Å². The second kappa shape index (κ2) is 8.42. The molecule has 1 nitrogen and oxygen atoms in total. The standard InChI is InChI=1S/C16H25ClO/c1-4-5-6-7-8-16(17)14-9-11-15(12-10-14)18-13(2)3/h9-13,16H,4-8H2,1-3H3. The number of halogens is 1. The van der Waals surface area contributed by atoms with Gasteiger partial charge >= 0.3 is 0 Å². The molecule has 102 valence electrons. The molecular formula is C16H25ClO. The third-order valence-corrected chi connectivity index (χ3v) is 3.39. The molecule has 1 aromatic carbocycles. The molecule has 0 spiro atoms. The highest BCUT2D eigenvalue weighted by atomic mass is 35.5. The second-order valence-electron chi connectivity index (χ2n) is 5.05. The van der Waals surface area contributed by atoms with Crippen LogP contribution in [0.1, 0.15) is 63.8 Å². The summed E-state index contributed by atoms with van der Waals surface area (Å²) in [6.07, 6.45) is 6.36. The van der Waals surface area contributed by atoms with Crippen LogP contribution in [0, 0.1) is 0 Å². The molecule has 0 fully saturated rings. The molecule has 0 amide bonds. The Morgan fingerprint density at radius 1 is 1.06 bits per heavy atom. The third-order valence-electron chi connectivity index (χ3n) is 2.92. The predicted octanol–water partition coefficient (Wildman–Crippen LogP) is 5.72. The molecule has 1 rings (SSSR count). The summed E-state index contributed by atoms with van der Waals surface area (Å²) in [6, 6.07) is 8.18. The normalized spacial score (nSPS) is 12.7. The van der Waals surface area contributed by atoms with E-state index in [0.29, 0.717) is 0 Å². The van der Waals surface area contributed by atoms with Crippen molar-refractivity contribution < 1.29 is 4.74 Å². The van der Waals surface area contributed by atoms with Crippen molar-refractivity contribution in [1.82, 2.24) is 0 Å². The molecule has 0 aromatic heterocycles. The lowest BCUT2D eigenvalue weighted by Gasteiger charge is -2.12. The van der Waals surface area contributed by atoms with Crippen LogP contribution in [-0.4, -0.2) is 6.10 Å². The maximum atomic E-state index is 6.40. The van der Waals surface area contributed by atoms with Crippen LogP contribution < -0.4 is 4.74 Å². The molecule has 0 radical (unpaired) electrons. The van der Waals surface area contributed by atoms with Crippen molar-refractivity contribution in [2.75, 3.05) is 0 Å². The van der Waals surface area contributed by atoms with Crippen LogP contribution >= 0.6 is 11.6 Å². The lowest BCUT2D eigenvalue weighted by Crippen LogP contribution is -2.05. The van der Waals surface area contributed by atoms with Gasteiger partial charge < -0.3 is 4.74 Å². The van der Waals surface area contributed by atoms with E-state index in [0.717, 1.165) is 12.2 Å². The van der Waals surface area contributed by atoms with Gasteiger partial charge in [0.15, 0.2) is 0 Å². The van der Waals surface area contributed by atoms with Gasteiger partial charge in [0, 0.05) is 0 Å². The highest BCUT2D eigenvalue weighted by molar-refractivity contribution is 6.20. The molecule has 0 aliphatic heterocycles. The maximum absolute atomic E-state index is 6.40. The zero-order valence-electron chi connectivity index (χ0n) is 11.8. The van der Waals surface area contributed by atoms with Crippen LogP contribution in [0.15, 0.2) is 24.3 Å². The Morgan fingerprint density at radius 3 is 2.28 bits per heavy atom. The SMILES string of the molecule is CCCCCCC(Cl)c1ccc(OC(C)C)cc1. The number of alkyl halides is 1. The molecule has 0 saturated carbocycles. The molecular weight excluding hydrogens is 244 g/mol. The fourth-order valence-electron chi connectivity index (χ4n) is 1.94. The molecule has 0 heterocycles. The molecule has 1 aromatic rings. The minimum atomic E-state index is 0.134. The molecule has 1 unspecified atom stereocenters. The van der Waals surface area contributed by atoms with E-state index in [1.807, 2.05) is 26.0 Å². The van der Waals surface area contributed by atoms with E-state index in [1.165, 1.54) is 31.2 Å². The van der Waals surface area contributed by atoms with Crippen molar-refractivity contribution in [3.05, 3.63) is 29.8 Å². The lowest BCUT2D eigenvalue weighted by molar-refractivity contribution is 0.242. The summed E-state index contributed by atoms with van der Waals surface area (Å²) >= 11 is 6.40. The summed E-state index contributed by atoms with van der Waals surface area (Å²) in [4.78, 5) is 0. The van der Waals surface area contributed by atoms with E-state index in [2.05, 4.69) is 19.1 Å². The van der Waals surface area contributed by atoms with E-state index in [4.69, 9.17) is 16.3 Å². The van der Waals surface area contributed by atoms with Gasteiger partial charge in [-0.05, 0) is 38.0 Å². The van der Waals surface area contributed by atoms with Gasteiger partial charge in [0.2, 0.25) is 0 Å². The van der Waals surface area contributed by atoms with Gasteiger partial charge in [-0.25, -0.2) is 0 Å². The summed E-state index contributed by atoms with van der Waals surface area (Å²) in [5, 5.41) is 0.134. The average molecular weight is 269 g/mol. The molecule has 0 saturated heterocycles. The van der Waals surface area contributed by atoms with Crippen molar-refractivity contribution in [3.63, 3.8) is 0 Å². The van der Waals surface area contributed by atoms with Crippen LogP contribution in [0.25, 0.3) is 0 Å². The number of hydrogen-bond acceptors (Lipinski definition) is 1. The lowest BCUT2D eigenvalue weighted by atomic mass is 10.0. The number of benzene rings is 1. The monoisotopic (exact) mass is 268 g/mol. The number of rotatable bonds is 8. The summed E-state index contributed by atoms with van der Waals surface area (Å²) in [7, 11) is 0. The fourth-order valence-corrected chi connectivity index (χ4v) is 2.24. The van der Waals surface area contributed by atoms with Gasteiger partial charge in [-0.15, -0.1) is 11.6 Å². The first-order valence-electron chi connectivity index (χ1n) is 7.04. The second-order valence-corrected chi connectivity index (χ2v) is 5.58. The minimum absolute atomic E-state index is 0.134. The van der Waals surface area contributed by atoms with Gasteiger partial charge in [0.1, 0.15) is 5.75 Å². The van der Waals surface area contributed by atoms with E-state index in [1.54, 1.807) is 0 Å². The molecule has 0 aliphatic carbocycles. The number of hydrogen-bond donors (Lipinski definition) is 0. The van der Waals surface area contributed by atoms with E-state index >= 15 is 0 Å². The fraction of sp³-hybridized carbons (Fsp3) is 0.625. The number of unbranched alkanes of at least 4 members (excludes halogenated alkanes) is 3. The zero-order chi connectivity index (χ0) is 13.4. The van der Waals surface area contributed by atoms with Gasteiger partial charge in [-0.1, -0.05) is 44.7 Å². The zero-order valence-corrected chi connectivity index (χ0v) is 12.5. The summed E-state index contributed by atoms with van der Waals surface area (Å²) in [5.74, 6) is 0.920. The number of ether oxygens (including phenoxy) is 1. The van der Waals surface area contributed by atoms with E-state index < -0.39 is 0 Å². The summed E-state index contributed by atoms with van der Waals surface area (Å²) in [6.45, 7) is 6.30. The Morgan fingerprint density at radius 2 is 1.72 bits per heavy atom. The minimum Gasteiger partial charge on any atom is -0.491 e. The molecule has 0 bridgehead atoms. The molecule has 1 atom stereocenters. The van der Waals surface area contributed by atoms with E-state index in [9.17, 15) is 0 Å². The Labute approximate surface area is 116 Å². The molecule has 2 heteroatoms. The maximum Gasteiger partial charge on any atom is 0.119 e. The third kappa shape index (κ3) is 5.77. The van der Waals surface area contributed by atoms with Gasteiger partial charge in [-0.3, -0.25) is 0 Å². The highest BCUT2D eigenvalue weighted by Gasteiger charge is 2.07. The van der Waals surface area contributed by atoms with Crippen LogP contribution in [-0.2, 0) is 0 Å². The van der Waals surface area contributed by atoms with Crippen LogP contribution in [0.5, 0.6) is 5.75 Å². The van der Waals surface area contributed by atoms with Crippen LogP contribution in [0.3, 0.4) is 0 Å². The molecule has 18 heavy (non-hydrogen) atoms. The van der Waals surface area contributed by atoms with Crippen molar-refractivity contribution in [2.45, 2.75) is 64.4 Å². The van der Waals surface area contributed by atoms with Crippen molar-refractivity contribution in [1.29, 1.82) is 0 Å². The first-order valence-corrected chi connectivity index (χ1v) is 7.47. The first-order chi connectivity index (χ1) is 8.63. The predicted molar refractivity (Wildman–Crippen MR) is 79.6 cm³/mol. The largest absolute Gasteiger partial charge is 0.491 e. The van der Waals surface area contributed by atoms with Crippen LogP contribution in [0.2, 0.25) is 0 Å². The summed E-state index contributed by atoms with van der Waals surface area (Å²) in [5.41, 5.74) is 1.20. The van der Waals surface area contributed by atoms with Crippen LogP contribution in [0.4, 0.5) is 0 Å². The van der Waals surface area contributed by atoms with Crippen molar-refractivity contribution >= 4 is 11.6 Å². The smallest absolute Gasteiger partial charge is 0.119 e. The van der Waals surface area contributed by atoms with Crippen molar-refractivity contribution in [3.8, 4) is 5.75 Å². The van der Waals surface area contributed by atoms with Gasteiger partial charge in [0.25, 0.3) is 0 Å². The summed E-state index contributed by atoms with van der Waals surface area (Å²) < 4.78 is 5.62. The Balaban J connectivity index is 2.41. The molecule has 0 aliphatic rings. The average Bonchev–Trinajstić information content (AvgIpc) is 2.34. The molecule has 0 N–H and O–H groups in total. The quantitative estimate of drug-likeness (QED) is 0.432. The Bertz CT molecular complexity index is 318.